The summed E-state index contributed by atoms with van der Waals surface area (Å²) in [6.45, 7) is 5.28. The molecule has 0 saturated heterocycles. The van der Waals surface area contributed by atoms with E-state index >= 15 is 0 Å². The van der Waals surface area contributed by atoms with Crippen molar-refractivity contribution in [3.05, 3.63) is 88.9 Å². The van der Waals surface area contributed by atoms with Crippen LogP contribution in [0.25, 0.3) is 0 Å². The van der Waals surface area contributed by atoms with E-state index in [9.17, 15) is 13.2 Å². The zero-order chi connectivity index (χ0) is 23.1. The van der Waals surface area contributed by atoms with E-state index < -0.39 is 15.9 Å². The number of aryl methyl sites for hydroxylation is 3. The van der Waals surface area contributed by atoms with E-state index in [1.165, 1.54) is 16.8 Å². The molecule has 32 heavy (non-hydrogen) atoms. The van der Waals surface area contributed by atoms with Crippen LogP contribution >= 0.6 is 0 Å². The first-order valence-corrected chi connectivity index (χ1v) is 11.7. The number of benzene rings is 2. The first kappa shape index (κ1) is 23.4. The standard InChI is InChI=1S/C24H27N3O4S/c1-18-14-19(2)24(20(3)15-18)32(29,30)27(12-11-21-8-5-4-6-9-21)17-23(28)26-25-16-22-10-7-13-31-22/h4-10,13-16H,11-12,17H2,1-3H3,(H,26,28)/b25-16+. The smallest absolute Gasteiger partial charge is 0.255 e. The summed E-state index contributed by atoms with van der Waals surface area (Å²) in [4.78, 5) is 12.8. The number of sulfonamides is 1. The monoisotopic (exact) mass is 453 g/mol. The fraction of sp³-hybridized carbons (Fsp3) is 0.250. The van der Waals surface area contributed by atoms with Crippen molar-refractivity contribution >= 4 is 22.1 Å². The maximum Gasteiger partial charge on any atom is 0.255 e. The van der Waals surface area contributed by atoms with Gasteiger partial charge in [0, 0.05) is 6.54 Å². The second-order valence-electron chi connectivity index (χ2n) is 7.61. The molecule has 3 aromatic rings. The predicted octanol–water partition coefficient (Wildman–Crippen LogP) is 3.59. The van der Waals surface area contributed by atoms with E-state index in [2.05, 4.69) is 10.5 Å². The molecule has 0 spiro atoms. The Bertz CT molecular complexity index is 1160. The lowest BCUT2D eigenvalue weighted by atomic mass is 10.1. The number of nitrogens with one attached hydrogen (secondary N) is 1. The van der Waals surface area contributed by atoms with Gasteiger partial charge < -0.3 is 4.42 Å². The van der Waals surface area contributed by atoms with E-state index in [4.69, 9.17) is 4.42 Å². The average molecular weight is 454 g/mol. The molecule has 0 bridgehead atoms. The minimum Gasteiger partial charge on any atom is -0.463 e. The summed E-state index contributed by atoms with van der Waals surface area (Å²) in [5.41, 5.74) is 5.66. The number of carbonyl (C=O) groups excluding carboxylic acids is 1. The zero-order valence-corrected chi connectivity index (χ0v) is 19.2. The third-order valence-electron chi connectivity index (χ3n) is 4.94. The molecule has 0 fully saturated rings. The van der Waals surface area contributed by atoms with Crippen LogP contribution in [0.1, 0.15) is 28.0 Å². The lowest BCUT2D eigenvalue weighted by Crippen LogP contribution is -2.41. The third-order valence-corrected chi connectivity index (χ3v) is 7.09. The summed E-state index contributed by atoms with van der Waals surface area (Å²) in [5, 5.41) is 3.85. The molecular weight excluding hydrogens is 426 g/mol. The fourth-order valence-corrected chi connectivity index (χ4v) is 5.42. The normalized spacial score (nSPS) is 11.9. The number of hydrogen-bond acceptors (Lipinski definition) is 5. The van der Waals surface area contributed by atoms with Crippen LogP contribution in [0.4, 0.5) is 0 Å². The van der Waals surface area contributed by atoms with Crippen molar-refractivity contribution in [1.82, 2.24) is 9.73 Å². The first-order valence-electron chi connectivity index (χ1n) is 10.2. The Kier molecular flexibility index (Phi) is 7.61. The van der Waals surface area contributed by atoms with Gasteiger partial charge in [0.2, 0.25) is 10.0 Å². The summed E-state index contributed by atoms with van der Waals surface area (Å²) in [6.07, 6.45) is 3.33. The molecule has 8 heteroatoms. The summed E-state index contributed by atoms with van der Waals surface area (Å²) < 4.78 is 33.5. The molecule has 1 N–H and O–H groups in total. The lowest BCUT2D eigenvalue weighted by Gasteiger charge is -2.24. The molecule has 2 aromatic carbocycles. The van der Waals surface area contributed by atoms with Gasteiger partial charge in [-0.1, -0.05) is 48.0 Å². The van der Waals surface area contributed by atoms with Crippen LogP contribution in [-0.2, 0) is 21.2 Å². The predicted molar refractivity (Wildman–Crippen MR) is 124 cm³/mol. The average Bonchev–Trinajstić information content (AvgIpc) is 3.24. The number of rotatable bonds is 9. The van der Waals surface area contributed by atoms with E-state index in [0.717, 1.165) is 11.1 Å². The summed E-state index contributed by atoms with van der Waals surface area (Å²) in [5.74, 6) is -0.0587. The topological polar surface area (TPSA) is 92.0 Å². The lowest BCUT2D eigenvalue weighted by molar-refractivity contribution is -0.121. The fourth-order valence-electron chi connectivity index (χ4n) is 3.61. The van der Waals surface area contributed by atoms with Crippen molar-refractivity contribution in [2.45, 2.75) is 32.1 Å². The molecule has 0 atom stereocenters. The van der Waals surface area contributed by atoms with E-state index in [-0.39, 0.29) is 18.0 Å². The number of furan rings is 1. The van der Waals surface area contributed by atoms with Crippen molar-refractivity contribution in [2.75, 3.05) is 13.1 Å². The van der Waals surface area contributed by atoms with Gasteiger partial charge in [-0.05, 0) is 56.0 Å². The van der Waals surface area contributed by atoms with Gasteiger partial charge in [-0.25, -0.2) is 13.8 Å². The molecule has 1 aromatic heterocycles. The van der Waals surface area contributed by atoms with Crippen LogP contribution in [0.15, 0.2) is 75.3 Å². The van der Waals surface area contributed by atoms with Crippen molar-refractivity contribution in [1.29, 1.82) is 0 Å². The van der Waals surface area contributed by atoms with Gasteiger partial charge >= 0.3 is 0 Å². The zero-order valence-electron chi connectivity index (χ0n) is 18.4. The quantitative estimate of drug-likeness (QED) is 0.396. The van der Waals surface area contributed by atoms with E-state index in [1.54, 1.807) is 26.0 Å². The van der Waals surface area contributed by atoms with Crippen LogP contribution in [-0.4, -0.2) is 37.9 Å². The minimum absolute atomic E-state index is 0.161. The maximum absolute atomic E-state index is 13.6. The third kappa shape index (κ3) is 5.93. The van der Waals surface area contributed by atoms with Crippen LogP contribution < -0.4 is 5.43 Å². The molecule has 0 radical (unpaired) electrons. The maximum atomic E-state index is 13.6. The molecule has 0 saturated carbocycles. The highest BCUT2D eigenvalue weighted by molar-refractivity contribution is 7.89. The molecule has 0 aliphatic rings. The second kappa shape index (κ2) is 10.4. The molecule has 0 aliphatic carbocycles. The molecule has 1 heterocycles. The second-order valence-corrected chi connectivity index (χ2v) is 9.49. The van der Waals surface area contributed by atoms with E-state index in [1.807, 2.05) is 49.4 Å². The number of hydrazone groups is 1. The van der Waals surface area contributed by atoms with Gasteiger partial charge in [-0.15, -0.1) is 0 Å². The van der Waals surface area contributed by atoms with Crippen LogP contribution in [0.2, 0.25) is 0 Å². The van der Waals surface area contributed by atoms with Gasteiger partial charge in [0.15, 0.2) is 0 Å². The minimum atomic E-state index is -3.91. The summed E-state index contributed by atoms with van der Waals surface area (Å²) in [6, 6.07) is 16.6. The van der Waals surface area contributed by atoms with Crippen LogP contribution in [0.5, 0.6) is 0 Å². The molecule has 1 amide bonds. The van der Waals surface area contributed by atoms with Crippen molar-refractivity contribution in [3.63, 3.8) is 0 Å². The van der Waals surface area contributed by atoms with Gasteiger partial charge in [0.25, 0.3) is 5.91 Å². The van der Waals surface area contributed by atoms with Crippen LogP contribution in [0, 0.1) is 20.8 Å². The van der Waals surface area contributed by atoms with Gasteiger partial charge in [0.05, 0.1) is 23.9 Å². The highest BCUT2D eigenvalue weighted by Gasteiger charge is 2.29. The Morgan fingerprint density at radius 2 is 1.75 bits per heavy atom. The highest BCUT2D eigenvalue weighted by atomic mass is 32.2. The Morgan fingerprint density at radius 1 is 1.06 bits per heavy atom. The molecule has 3 rings (SSSR count). The first-order chi connectivity index (χ1) is 15.3. The van der Waals surface area contributed by atoms with Gasteiger partial charge in [-0.2, -0.15) is 9.41 Å². The number of carbonyl (C=O) groups is 1. The number of amides is 1. The van der Waals surface area contributed by atoms with Crippen molar-refractivity contribution in [2.24, 2.45) is 5.10 Å². The molecule has 168 valence electrons. The molecule has 0 aliphatic heterocycles. The SMILES string of the molecule is Cc1cc(C)c(S(=O)(=O)N(CCc2ccccc2)CC(=O)N/N=C/c2ccco2)c(C)c1. The molecule has 7 nitrogen and oxygen atoms in total. The Hall–Kier alpha value is -3.23. The Balaban J connectivity index is 1.83. The van der Waals surface area contributed by atoms with Crippen molar-refractivity contribution in [3.8, 4) is 0 Å². The van der Waals surface area contributed by atoms with Gasteiger partial charge in [0.1, 0.15) is 5.76 Å². The van der Waals surface area contributed by atoms with E-state index in [0.29, 0.717) is 23.3 Å². The summed E-state index contributed by atoms with van der Waals surface area (Å²) in [7, 11) is -3.91. The van der Waals surface area contributed by atoms with Gasteiger partial charge in [-0.3, -0.25) is 4.79 Å². The Labute approximate surface area is 188 Å². The van der Waals surface area contributed by atoms with Crippen LogP contribution in [0.3, 0.4) is 0 Å². The molecule has 0 unspecified atom stereocenters. The Morgan fingerprint density at radius 3 is 2.38 bits per heavy atom. The largest absolute Gasteiger partial charge is 0.463 e. The summed E-state index contributed by atoms with van der Waals surface area (Å²) >= 11 is 0. The molecular formula is C24H27N3O4S. The van der Waals surface area contributed by atoms with Crippen molar-refractivity contribution < 1.29 is 17.6 Å². The number of hydrogen-bond donors (Lipinski definition) is 1. The highest BCUT2D eigenvalue weighted by Crippen LogP contribution is 2.25. The number of nitrogens with zero attached hydrogens (tertiary/aromatic N) is 2.